The van der Waals surface area contributed by atoms with E-state index in [1.807, 2.05) is 0 Å². The van der Waals surface area contributed by atoms with Gasteiger partial charge in [0.05, 0.1) is 17.4 Å². The van der Waals surface area contributed by atoms with Gasteiger partial charge < -0.3 is 20.3 Å². The van der Waals surface area contributed by atoms with Gasteiger partial charge in [-0.1, -0.05) is 6.92 Å². The number of benzene rings is 2. The third kappa shape index (κ3) is 5.26. The number of phenolic OH excluding ortho intramolecular Hbond substituents is 1. The molecule has 1 aromatic heterocycles. The van der Waals surface area contributed by atoms with Crippen molar-refractivity contribution in [3.63, 3.8) is 0 Å². The van der Waals surface area contributed by atoms with Crippen LogP contribution in [-0.2, 0) is 9.59 Å². The van der Waals surface area contributed by atoms with E-state index in [4.69, 9.17) is 5.11 Å². The number of amides is 1. The number of hydrogen-bond donors (Lipinski definition) is 3. The molecule has 0 spiro atoms. The van der Waals surface area contributed by atoms with Crippen LogP contribution in [0.3, 0.4) is 0 Å². The van der Waals surface area contributed by atoms with Gasteiger partial charge in [-0.05, 0) is 55.8 Å². The summed E-state index contributed by atoms with van der Waals surface area (Å²) >= 11 is 0. The SMILES string of the molecule is Cc1c([C@H](C)C(=O)NCC(C)C(=O)O)c2c(F)c(O)ccc2n1C(=O)c1ccc(OC(F)(F)F)cc1. The molecule has 2 atom stereocenters. The third-order valence-corrected chi connectivity index (χ3v) is 5.70. The number of rotatable bonds is 7. The van der Waals surface area contributed by atoms with E-state index < -0.39 is 53.3 Å². The van der Waals surface area contributed by atoms with Gasteiger partial charge in [0.2, 0.25) is 5.91 Å². The Kier molecular flexibility index (Phi) is 7.27. The van der Waals surface area contributed by atoms with Gasteiger partial charge in [-0.25, -0.2) is 4.39 Å². The zero-order valence-corrected chi connectivity index (χ0v) is 19.3. The first-order valence-corrected chi connectivity index (χ1v) is 10.7. The minimum atomic E-state index is -4.91. The second-order valence-electron chi connectivity index (χ2n) is 8.21. The zero-order valence-electron chi connectivity index (χ0n) is 19.3. The number of fused-ring (bicyclic) bond motifs is 1. The van der Waals surface area contributed by atoms with Crippen molar-refractivity contribution >= 4 is 28.7 Å². The standard InChI is InChI=1S/C24H22F4N2O6/c1-11(23(34)35)10-29-21(32)12(2)18-13(3)30(16-8-9-17(31)20(25)19(16)18)22(33)14-4-6-15(7-5-14)36-24(26,27)28/h4-9,11-12,31H,10H2,1-3H3,(H,29,32)(H,34,35)/t11?,12-/m0/s1. The Bertz CT molecular complexity index is 1330. The second-order valence-corrected chi connectivity index (χ2v) is 8.21. The Labute approximate surface area is 202 Å². The number of carboxylic acid groups (broad SMARTS) is 1. The minimum Gasteiger partial charge on any atom is -0.505 e. The van der Waals surface area contributed by atoms with E-state index in [0.717, 1.165) is 34.9 Å². The highest BCUT2D eigenvalue weighted by atomic mass is 19.4. The molecule has 12 heteroatoms. The van der Waals surface area contributed by atoms with Gasteiger partial charge in [-0.3, -0.25) is 19.0 Å². The molecule has 1 heterocycles. The summed E-state index contributed by atoms with van der Waals surface area (Å²) in [5.41, 5.74) is 0.224. The maximum Gasteiger partial charge on any atom is 0.573 e. The second kappa shape index (κ2) is 9.88. The summed E-state index contributed by atoms with van der Waals surface area (Å²) < 4.78 is 57.3. The number of nitrogens with one attached hydrogen (secondary N) is 1. The molecule has 3 N–H and O–H groups in total. The number of nitrogens with zero attached hydrogens (tertiary/aromatic N) is 1. The Morgan fingerprint density at radius 2 is 1.69 bits per heavy atom. The van der Waals surface area contributed by atoms with Crippen molar-refractivity contribution in [3.8, 4) is 11.5 Å². The van der Waals surface area contributed by atoms with Crippen molar-refractivity contribution in [3.05, 3.63) is 59.0 Å². The number of carbonyl (C=O) groups is 3. The van der Waals surface area contributed by atoms with Gasteiger partial charge in [-0.2, -0.15) is 0 Å². The number of alkyl halides is 3. The molecule has 36 heavy (non-hydrogen) atoms. The molecule has 8 nitrogen and oxygen atoms in total. The topological polar surface area (TPSA) is 118 Å². The molecular weight excluding hydrogens is 488 g/mol. The normalized spacial score (nSPS) is 13.3. The summed E-state index contributed by atoms with van der Waals surface area (Å²) in [5, 5.41) is 21.2. The molecule has 0 aliphatic rings. The van der Waals surface area contributed by atoms with E-state index in [0.29, 0.717) is 0 Å². The van der Waals surface area contributed by atoms with Gasteiger partial charge >= 0.3 is 12.3 Å². The van der Waals surface area contributed by atoms with Crippen molar-refractivity contribution < 1.29 is 46.9 Å². The molecule has 3 rings (SSSR count). The Morgan fingerprint density at radius 1 is 1.08 bits per heavy atom. The summed E-state index contributed by atoms with van der Waals surface area (Å²) in [7, 11) is 0. The van der Waals surface area contributed by atoms with E-state index in [1.165, 1.54) is 26.8 Å². The summed E-state index contributed by atoms with van der Waals surface area (Å²) in [6, 6.07) is 6.43. The molecule has 2 aromatic carbocycles. The van der Waals surface area contributed by atoms with Crippen molar-refractivity contribution in [1.29, 1.82) is 0 Å². The molecular formula is C24H22F4N2O6. The summed E-state index contributed by atoms with van der Waals surface area (Å²) in [6.07, 6.45) is -4.91. The molecule has 0 saturated carbocycles. The molecule has 3 aromatic rings. The van der Waals surface area contributed by atoms with Crippen LogP contribution in [0.15, 0.2) is 36.4 Å². The fourth-order valence-electron chi connectivity index (χ4n) is 3.82. The van der Waals surface area contributed by atoms with Crippen LogP contribution >= 0.6 is 0 Å². The molecule has 0 bridgehead atoms. The van der Waals surface area contributed by atoms with Gasteiger partial charge in [0.25, 0.3) is 5.91 Å². The first-order chi connectivity index (χ1) is 16.7. The number of ether oxygens (including phenoxy) is 1. The lowest BCUT2D eigenvalue weighted by Gasteiger charge is -2.15. The van der Waals surface area contributed by atoms with E-state index in [1.54, 1.807) is 0 Å². The number of aromatic hydroxyl groups is 1. The molecule has 0 radical (unpaired) electrons. The molecule has 192 valence electrons. The highest BCUT2D eigenvalue weighted by Gasteiger charge is 2.32. The molecule has 1 amide bonds. The van der Waals surface area contributed by atoms with Gasteiger partial charge in [0.1, 0.15) is 5.75 Å². The first-order valence-electron chi connectivity index (χ1n) is 10.7. The smallest absolute Gasteiger partial charge is 0.505 e. The fourth-order valence-corrected chi connectivity index (χ4v) is 3.82. The molecule has 0 saturated heterocycles. The molecule has 0 aliphatic carbocycles. The van der Waals surface area contributed by atoms with Crippen LogP contribution in [0.1, 0.15) is 41.4 Å². The van der Waals surface area contributed by atoms with Crippen molar-refractivity contribution in [2.75, 3.05) is 6.54 Å². The average molecular weight is 510 g/mol. The number of phenols is 1. The number of hydrogen-bond acceptors (Lipinski definition) is 5. The molecule has 1 unspecified atom stereocenters. The van der Waals surface area contributed by atoms with Crippen LogP contribution in [0, 0.1) is 18.7 Å². The number of carboxylic acids is 1. The number of carbonyl (C=O) groups excluding carboxylic acids is 2. The van der Waals surface area contributed by atoms with Crippen LogP contribution in [0.5, 0.6) is 11.5 Å². The number of halogens is 4. The van der Waals surface area contributed by atoms with Crippen LogP contribution in [-0.4, -0.2) is 45.5 Å². The average Bonchev–Trinajstić information content (AvgIpc) is 3.10. The molecule has 0 aliphatic heterocycles. The largest absolute Gasteiger partial charge is 0.573 e. The van der Waals surface area contributed by atoms with E-state index in [-0.39, 0.29) is 34.3 Å². The summed E-state index contributed by atoms with van der Waals surface area (Å²) in [6.45, 7) is 4.10. The van der Waals surface area contributed by atoms with Crippen LogP contribution in [0.2, 0.25) is 0 Å². The van der Waals surface area contributed by atoms with Gasteiger partial charge in [0, 0.05) is 23.2 Å². The lowest BCUT2D eigenvalue weighted by atomic mass is 9.96. The minimum absolute atomic E-state index is 0.0250. The zero-order chi connectivity index (χ0) is 26.9. The predicted octanol–water partition coefficient (Wildman–Crippen LogP) is 4.32. The Balaban J connectivity index is 2.06. The van der Waals surface area contributed by atoms with Crippen molar-refractivity contribution in [1.82, 2.24) is 9.88 Å². The van der Waals surface area contributed by atoms with E-state index in [9.17, 15) is 32.7 Å². The first kappa shape index (κ1) is 26.5. The van der Waals surface area contributed by atoms with Gasteiger partial charge in [0.15, 0.2) is 11.6 Å². The van der Waals surface area contributed by atoms with Gasteiger partial charge in [-0.15, -0.1) is 13.2 Å². The summed E-state index contributed by atoms with van der Waals surface area (Å²) in [5.74, 6) is -6.72. The highest BCUT2D eigenvalue weighted by Crippen LogP contribution is 2.37. The highest BCUT2D eigenvalue weighted by molar-refractivity contribution is 6.05. The summed E-state index contributed by atoms with van der Waals surface area (Å²) in [4.78, 5) is 37.1. The predicted molar refractivity (Wildman–Crippen MR) is 119 cm³/mol. The van der Waals surface area contributed by atoms with Crippen LogP contribution < -0.4 is 10.1 Å². The fraction of sp³-hybridized carbons (Fsp3) is 0.292. The van der Waals surface area contributed by atoms with Crippen LogP contribution in [0.25, 0.3) is 10.9 Å². The monoisotopic (exact) mass is 510 g/mol. The van der Waals surface area contributed by atoms with Crippen molar-refractivity contribution in [2.24, 2.45) is 5.92 Å². The number of aliphatic carboxylic acids is 1. The Hall–Kier alpha value is -4.09. The quantitative estimate of drug-likeness (QED) is 0.408. The maximum atomic E-state index is 15.1. The van der Waals surface area contributed by atoms with E-state index in [2.05, 4.69) is 10.1 Å². The molecule has 0 fully saturated rings. The third-order valence-electron chi connectivity index (χ3n) is 5.70. The van der Waals surface area contributed by atoms with Crippen molar-refractivity contribution in [2.45, 2.75) is 33.1 Å². The van der Waals surface area contributed by atoms with Crippen LogP contribution in [0.4, 0.5) is 17.6 Å². The lowest BCUT2D eigenvalue weighted by molar-refractivity contribution is -0.274. The Morgan fingerprint density at radius 3 is 2.25 bits per heavy atom. The van der Waals surface area contributed by atoms with E-state index >= 15 is 4.39 Å². The lowest BCUT2D eigenvalue weighted by Crippen LogP contribution is -2.34. The maximum absolute atomic E-state index is 15.1. The number of aromatic nitrogens is 1.